The van der Waals surface area contributed by atoms with Crippen LogP contribution < -0.4 is 9.47 Å². The maximum Gasteiger partial charge on any atom is 0.231 e. The largest absolute Gasteiger partial charge is 0.454 e. The fraction of sp³-hybridized carbons (Fsp3) is 0.412. The normalized spacial score (nSPS) is 32.4. The molecule has 4 heteroatoms. The minimum atomic E-state index is -0.390. The molecule has 4 aliphatic rings. The summed E-state index contributed by atoms with van der Waals surface area (Å²) in [6, 6.07) is 4.26. The highest BCUT2D eigenvalue weighted by atomic mass is 16.7. The van der Waals surface area contributed by atoms with Crippen molar-refractivity contribution >= 4 is 0 Å². The molecule has 4 nitrogen and oxygen atoms in total. The van der Waals surface area contributed by atoms with E-state index < -0.39 is 0 Å². The molecule has 1 aromatic carbocycles. The first-order chi connectivity index (χ1) is 10.3. The van der Waals surface area contributed by atoms with E-state index >= 15 is 0 Å². The van der Waals surface area contributed by atoms with E-state index in [1.54, 1.807) is 0 Å². The van der Waals surface area contributed by atoms with Gasteiger partial charge in [0, 0.05) is 19.5 Å². The van der Waals surface area contributed by atoms with Gasteiger partial charge in [-0.2, -0.15) is 0 Å². The van der Waals surface area contributed by atoms with Gasteiger partial charge >= 0.3 is 0 Å². The monoisotopic (exact) mass is 283 g/mol. The molecule has 3 aliphatic heterocycles. The van der Waals surface area contributed by atoms with Crippen LogP contribution in [-0.4, -0.2) is 36.0 Å². The number of rotatable bonds is 0. The van der Waals surface area contributed by atoms with Crippen molar-refractivity contribution in [2.75, 3.05) is 19.9 Å². The van der Waals surface area contributed by atoms with E-state index in [1.807, 2.05) is 6.08 Å². The van der Waals surface area contributed by atoms with Crippen LogP contribution in [-0.2, 0) is 12.0 Å². The molecule has 5 rings (SSSR count). The lowest BCUT2D eigenvalue weighted by molar-refractivity contribution is 0.0771. The molecule has 3 heterocycles. The molecule has 0 saturated carbocycles. The van der Waals surface area contributed by atoms with E-state index in [0.29, 0.717) is 6.79 Å². The van der Waals surface area contributed by atoms with E-state index in [-0.39, 0.29) is 11.6 Å². The van der Waals surface area contributed by atoms with Crippen molar-refractivity contribution in [1.29, 1.82) is 0 Å². The van der Waals surface area contributed by atoms with Crippen molar-refractivity contribution in [1.82, 2.24) is 4.90 Å². The minimum absolute atomic E-state index is 0.178. The maximum absolute atomic E-state index is 10.2. The summed E-state index contributed by atoms with van der Waals surface area (Å²) < 4.78 is 11.1. The summed E-state index contributed by atoms with van der Waals surface area (Å²) in [7, 11) is 0. The molecule has 1 aromatic rings. The van der Waals surface area contributed by atoms with Gasteiger partial charge in [-0.15, -0.1) is 0 Å². The number of hydrogen-bond donors (Lipinski definition) is 1. The first-order valence-electron chi connectivity index (χ1n) is 7.52. The van der Waals surface area contributed by atoms with Crippen molar-refractivity contribution in [2.45, 2.75) is 24.5 Å². The zero-order valence-corrected chi connectivity index (χ0v) is 11.7. The van der Waals surface area contributed by atoms with Crippen LogP contribution in [0, 0.1) is 0 Å². The molecular formula is C17H17NO3. The number of benzene rings is 1. The van der Waals surface area contributed by atoms with Crippen LogP contribution in [0.25, 0.3) is 0 Å². The number of aliphatic hydroxyl groups is 1. The third-order valence-electron chi connectivity index (χ3n) is 5.25. The molecule has 21 heavy (non-hydrogen) atoms. The Labute approximate surface area is 123 Å². The lowest BCUT2D eigenvalue weighted by Crippen LogP contribution is -2.51. The molecule has 0 amide bonds. The maximum atomic E-state index is 10.2. The Kier molecular flexibility index (Phi) is 2.20. The van der Waals surface area contributed by atoms with Gasteiger partial charge in [-0.1, -0.05) is 18.2 Å². The molecule has 0 aromatic heterocycles. The van der Waals surface area contributed by atoms with Gasteiger partial charge in [-0.05, 0) is 35.3 Å². The molecule has 1 N–H and O–H groups in total. The van der Waals surface area contributed by atoms with Crippen molar-refractivity contribution in [2.24, 2.45) is 0 Å². The molecule has 0 bridgehead atoms. The molecule has 108 valence electrons. The average Bonchev–Trinajstić information content (AvgIpc) is 3.08. The van der Waals surface area contributed by atoms with Gasteiger partial charge in [0.05, 0.1) is 11.6 Å². The second-order valence-electron chi connectivity index (χ2n) is 6.21. The zero-order valence-electron chi connectivity index (χ0n) is 11.7. The number of aliphatic hydroxyl groups excluding tert-OH is 1. The number of ether oxygens (including phenoxy) is 2. The van der Waals surface area contributed by atoms with E-state index in [1.165, 1.54) is 16.7 Å². The van der Waals surface area contributed by atoms with Crippen molar-refractivity contribution < 1.29 is 14.6 Å². The van der Waals surface area contributed by atoms with E-state index in [4.69, 9.17) is 9.47 Å². The predicted octanol–water partition coefficient (Wildman–Crippen LogP) is 1.73. The van der Waals surface area contributed by atoms with Crippen LogP contribution in [0.3, 0.4) is 0 Å². The van der Waals surface area contributed by atoms with E-state index in [0.717, 1.165) is 37.4 Å². The highest BCUT2D eigenvalue weighted by molar-refractivity contribution is 5.58. The quantitative estimate of drug-likeness (QED) is 0.787. The van der Waals surface area contributed by atoms with Crippen LogP contribution in [0.4, 0.5) is 0 Å². The van der Waals surface area contributed by atoms with Crippen molar-refractivity contribution in [3.05, 3.63) is 47.1 Å². The van der Waals surface area contributed by atoms with Crippen LogP contribution >= 0.6 is 0 Å². The van der Waals surface area contributed by atoms with Gasteiger partial charge in [-0.3, -0.25) is 4.90 Å². The second kappa shape index (κ2) is 3.90. The molecule has 0 fully saturated rings. The summed E-state index contributed by atoms with van der Waals surface area (Å²) in [5, 5.41) is 10.2. The summed E-state index contributed by atoms with van der Waals surface area (Å²) in [5.74, 6) is 1.69. The van der Waals surface area contributed by atoms with Crippen molar-refractivity contribution in [3.8, 4) is 11.5 Å². The summed E-state index contributed by atoms with van der Waals surface area (Å²) >= 11 is 0. The smallest absolute Gasteiger partial charge is 0.231 e. The summed E-state index contributed by atoms with van der Waals surface area (Å²) in [4.78, 5) is 2.49. The Bertz CT molecular complexity index is 694. The fourth-order valence-corrected chi connectivity index (χ4v) is 4.30. The number of fused-ring (bicyclic) bond motifs is 2. The summed E-state index contributed by atoms with van der Waals surface area (Å²) in [5.41, 5.74) is 3.74. The predicted molar refractivity (Wildman–Crippen MR) is 77.4 cm³/mol. The molecule has 1 spiro atoms. The minimum Gasteiger partial charge on any atom is -0.454 e. The lowest BCUT2D eigenvalue weighted by Gasteiger charge is -2.47. The van der Waals surface area contributed by atoms with E-state index in [9.17, 15) is 5.11 Å². The lowest BCUT2D eigenvalue weighted by atomic mass is 9.71. The SMILES string of the molecule is O[C@H]1C=CC2=CCN3CCc4cc5c(cc4[C@]23C1)OCO5. The first-order valence-corrected chi connectivity index (χ1v) is 7.52. The van der Waals surface area contributed by atoms with Crippen LogP contribution in [0.15, 0.2) is 35.9 Å². The third kappa shape index (κ3) is 1.41. The fourth-order valence-electron chi connectivity index (χ4n) is 4.30. The number of hydrogen-bond acceptors (Lipinski definition) is 4. The van der Waals surface area contributed by atoms with Crippen LogP contribution in [0.5, 0.6) is 11.5 Å². The van der Waals surface area contributed by atoms with Gasteiger partial charge in [0.1, 0.15) is 0 Å². The highest BCUT2D eigenvalue weighted by Crippen LogP contribution is 2.52. The zero-order chi connectivity index (χ0) is 14.0. The summed E-state index contributed by atoms with van der Waals surface area (Å²) in [6.07, 6.45) is 7.65. The number of nitrogens with zero attached hydrogens (tertiary/aromatic N) is 1. The second-order valence-corrected chi connectivity index (χ2v) is 6.21. The highest BCUT2D eigenvalue weighted by Gasteiger charge is 2.50. The van der Waals surface area contributed by atoms with Gasteiger partial charge in [0.2, 0.25) is 6.79 Å². The molecule has 0 unspecified atom stereocenters. The molecule has 2 atom stereocenters. The Morgan fingerprint density at radius 2 is 2.10 bits per heavy atom. The third-order valence-corrected chi connectivity index (χ3v) is 5.25. The Balaban J connectivity index is 1.75. The summed E-state index contributed by atoms with van der Waals surface area (Å²) in [6.45, 7) is 2.29. The Morgan fingerprint density at radius 1 is 1.24 bits per heavy atom. The van der Waals surface area contributed by atoms with Gasteiger partial charge < -0.3 is 14.6 Å². The van der Waals surface area contributed by atoms with Gasteiger partial charge in [-0.25, -0.2) is 0 Å². The van der Waals surface area contributed by atoms with Crippen LogP contribution in [0.2, 0.25) is 0 Å². The topological polar surface area (TPSA) is 41.9 Å². The van der Waals surface area contributed by atoms with E-state index in [2.05, 4.69) is 29.2 Å². The molecule has 0 saturated heterocycles. The van der Waals surface area contributed by atoms with Gasteiger partial charge in [0.15, 0.2) is 11.5 Å². The Morgan fingerprint density at radius 3 is 3.00 bits per heavy atom. The average molecular weight is 283 g/mol. The molecule has 1 aliphatic carbocycles. The molecule has 0 radical (unpaired) electrons. The standard InChI is InChI=1S/C17H17NO3/c19-13-2-1-12-4-6-18-5-3-11-7-15-16(21-10-20-15)8-14(11)17(12,18)9-13/h1-2,4,7-8,13,19H,3,5-6,9-10H2/t13-,17-/m0/s1. The van der Waals surface area contributed by atoms with Crippen LogP contribution in [0.1, 0.15) is 17.5 Å². The van der Waals surface area contributed by atoms with Crippen molar-refractivity contribution in [3.63, 3.8) is 0 Å². The van der Waals surface area contributed by atoms with Gasteiger partial charge in [0.25, 0.3) is 0 Å². The Hall–Kier alpha value is -1.78. The molecular weight excluding hydrogens is 266 g/mol. The first kappa shape index (κ1) is 11.8.